The highest BCUT2D eigenvalue weighted by molar-refractivity contribution is 6.39. The van der Waals surface area contributed by atoms with Gasteiger partial charge in [-0.3, -0.25) is 9.59 Å². The van der Waals surface area contributed by atoms with E-state index in [4.69, 9.17) is 14.2 Å². The maximum absolute atomic E-state index is 11.9. The first kappa shape index (κ1) is 16.3. The van der Waals surface area contributed by atoms with Crippen LogP contribution in [0.2, 0.25) is 0 Å². The quantitative estimate of drug-likeness (QED) is 0.499. The SMILES string of the molecule is COc1ccc(/C=N\NC(=O)C(=O)Nc2ccc3c(c2)OCO3)cc1. The molecule has 25 heavy (non-hydrogen) atoms. The lowest BCUT2D eigenvalue weighted by Gasteiger charge is -2.05. The summed E-state index contributed by atoms with van der Waals surface area (Å²) in [5.74, 6) is 0.0831. The van der Waals surface area contributed by atoms with Crippen molar-refractivity contribution in [2.45, 2.75) is 0 Å². The smallest absolute Gasteiger partial charge is 0.329 e. The third-order valence-corrected chi connectivity index (χ3v) is 3.33. The van der Waals surface area contributed by atoms with E-state index in [1.54, 1.807) is 49.6 Å². The summed E-state index contributed by atoms with van der Waals surface area (Å²) in [6.07, 6.45) is 1.42. The number of nitrogens with one attached hydrogen (secondary N) is 2. The lowest BCUT2D eigenvalue weighted by molar-refractivity contribution is -0.136. The van der Waals surface area contributed by atoms with E-state index in [1.807, 2.05) is 0 Å². The fourth-order valence-corrected chi connectivity index (χ4v) is 2.07. The van der Waals surface area contributed by atoms with Crippen LogP contribution >= 0.6 is 0 Å². The topological polar surface area (TPSA) is 98.2 Å². The van der Waals surface area contributed by atoms with E-state index in [0.717, 1.165) is 5.56 Å². The van der Waals surface area contributed by atoms with Gasteiger partial charge in [-0.2, -0.15) is 5.10 Å². The van der Waals surface area contributed by atoms with Crippen LogP contribution in [0.5, 0.6) is 17.2 Å². The number of nitrogens with zero attached hydrogens (tertiary/aromatic N) is 1. The highest BCUT2D eigenvalue weighted by atomic mass is 16.7. The Kier molecular flexibility index (Phi) is 4.79. The van der Waals surface area contributed by atoms with Crippen molar-refractivity contribution in [1.29, 1.82) is 0 Å². The summed E-state index contributed by atoms with van der Waals surface area (Å²) in [6.45, 7) is 0.132. The molecule has 0 aliphatic carbocycles. The number of ether oxygens (including phenoxy) is 3. The summed E-state index contributed by atoms with van der Waals surface area (Å²) >= 11 is 0. The van der Waals surface area contributed by atoms with Crippen molar-refractivity contribution in [1.82, 2.24) is 5.43 Å². The number of hydrogen-bond acceptors (Lipinski definition) is 6. The average Bonchev–Trinajstić information content (AvgIpc) is 3.10. The summed E-state index contributed by atoms with van der Waals surface area (Å²) in [7, 11) is 1.57. The summed E-state index contributed by atoms with van der Waals surface area (Å²) < 4.78 is 15.4. The van der Waals surface area contributed by atoms with Crippen LogP contribution in [0.15, 0.2) is 47.6 Å². The molecule has 0 spiro atoms. The Bertz CT molecular complexity index is 818. The summed E-state index contributed by atoms with van der Waals surface area (Å²) in [4.78, 5) is 23.6. The van der Waals surface area contributed by atoms with E-state index in [1.165, 1.54) is 6.21 Å². The zero-order chi connectivity index (χ0) is 17.6. The molecule has 3 rings (SSSR count). The Morgan fingerprint density at radius 2 is 1.84 bits per heavy atom. The average molecular weight is 341 g/mol. The molecule has 0 fully saturated rings. The molecule has 1 heterocycles. The minimum Gasteiger partial charge on any atom is -0.497 e. The molecule has 2 amide bonds. The number of carbonyl (C=O) groups is 2. The van der Waals surface area contributed by atoms with Gasteiger partial charge in [-0.1, -0.05) is 0 Å². The molecule has 128 valence electrons. The van der Waals surface area contributed by atoms with E-state index in [9.17, 15) is 9.59 Å². The van der Waals surface area contributed by atoms with Gasteiger partial charge in [0, 0.05) is 11.8 Å². The minimum absolute atomic E-state index is 0.132. The van der Waals surface area contributed by atoms with Crippen molar-refractivity contribution in [3.8, 4) is 17.2 Å². The molecule has 8 heteroatoms. The first-order valence-corrected chi connectivity index (χ1v) is 7.34. The second kappa shape index (κ2) is 7.35. The van der Waals surface area contributed by atoms with Gasteiger partial charge in [-0.15, -0.1) is 0 Å². The normalized spacial score (nSPS) is 12.0. The van der Waals surface area contributed by atoms with Crippen LogP contribution < -0.4 is 25.0 Å². The van der Waals surface area contributed by atoms with Crippen molar-refractivity contribution in [3.05, 3.63) is 48.0 Å². The third-order valence-electron chi connectivity index (χ3n) is 3.33. The van der Waals surface area contributed by atoms with E-state index >= 15 is 0 Å². The number of anilines is 1. The molecule has 0 atom stereocenters. The molecule has 0 radical (unpaired) electrons. The van der Waals surface area contributed by atoms with Gasteiger partial charge in [0.1, 0.15) is 5.75 Å². The van der Waals surface area contributed by atoms with Crippen LogP contribution in [0.4, 0.5) is 5.69 Å². The van der Waals surface area contributed by atoms with Gasteiger partial charge in [0.25, 0.3) is 0 Å². The maximum atomic E-state index is 11.9. The van der Waals surface area contributed by atoms with Crippen LogP contribution in [0.25, 0.3) is 0 Å². The van der Waals surface area contributed by atoms with Crippen molar-refractivity contribution >= 4 is 23.7 Å². The first-order chi connectivity index (χ1) is 12.2. The molecule has 0 aromatic heterocycles. The zero-order valence-electron chi connectivity index (χ0n) is 13.3. The number of hydrogen-bond donors (Lipinski definition) is 2. The summed E-state index contributed by atoms with van der Waals surface area (Å²) in [5.41, 5.74) is 3.33. The van der Waals surface area contributed by atoms with Crippen LogP contribution in [-0.2, 0) is 9.59 Å². The zero-order valence-corrected chi connectivity index (χ0v) is 13.3. The van der Waals surface area contributed by atoms with Gasteiger partial charge in [-0.05, 0) is 42.0 Å². The van der Waals surface area contributed by atoms with Gasteiger partial charge in [0.05, 0.1) is 13.3 Å². The molecule has 2 aromatic carbocycles. The number of rotatable bonds is 4. The Balaban J connectivity index is 1.53. The van der Waals surface area contributed by atoms with Gasteiger partial charge in [0.2, 0.25) is 6.79 Å². The summed E-state index contributed by atoms with van der Waals surface area (Å²) in [6, 6.07) is 11.9. The lowest BCUT2D eigenvalue weighted by atomic mass is 10.2. The highest BCUT2D eigenvalue weighted by Gasteiger charge is 2.17. The van der Waals surface area contributed by atoms with E-state index < -0.39 is 11.8 Å². The lowest BCUT2D eigenvalue weighted by Crippen LogP contribution is -2.32. The second-order valence-electron chi connectivity index (χ2n) is 4.99. The standard InChI is InChI=1S/C17H15N3O5/c1-23-13-5-2-11(3-6-13)9-18-20-17(22)16(21)19-12-4-7-14-15(8-12)25-10-24-14/h2-9H,10H2,1H3,(H,19,21)(H,20,22)/b18-9-. The number of amides is 2. The molecule has 2 aromatic rings. The number of fused-ring (bicyclic) bond motifs is 1. The predicted molar refractivity (Wildman–Crippen MR) is 89.9 cm³/mol. The van der Waals surface area contributed by atoms with E-state index in [0.29, 0.717) is 22.9 Å². The van der Waals surface area contributed by atoms with Crippen LogP contribution in [-0.4, -0.2) is 31.9 Å². The molecular formula is C17H15N3O5. The molecule has 0 saturated carbocycles. The fourth-order valence-electron chi connectivity index (χ4n) is 2.07. The number of methoxy groups -OCH3 is 1. The molecule has 1 aliphatic heterocycles. The minimum atomic E-state index is -0.887. The third kappa shape index (κ3) is 4.05. The molecule has 1 aliphatic rings. The van der Waals surface area contributed by atoms with Gasteiger partial charge in [0.15, 0.2) is 11.5 Å². The molecule has 0 saturated heterocycles. The molecule has 0 unspecified atom stereocenters. The maximum Gasteiger partial charge on any atom is 0.329 e. The van der Waals surface area contributed by atoms with Crippen molar-refractivity contribution < 1.29 is 23.8 Å². The Hall–Kier alpha value is -3.55. The van der Waals surface area contributed by atoms with Crippen LogP contribution in [0.3, 0.4) is 0 Å². The largest absolute Gasteiger partial charge is 0.497 e. The monoisotopic (exact) mass is 341 g/mol. The highest BCUT2D eigenvalue weighted by Crippen LogP contribution is 2.34. The number of carbonyl (C=O) groups excluding carboxylic acids is 2. The Morgan fingerprint density at radius 3 is 2.60 bits per heavy atom. The van der Waals surface area contributed by atoms with Gasteiger partial charge in [-0.25, -0.2) is 5.43 Å². The second-order valence-corrected chi connectivity index (χ2v) is 4.99. The van der Waals surface area contributed by atoms with E-state index in [-0.39, 0.29) is 6.79 Å². The van der Waals surface area contributed by atoms with Gasteiger partial charge >= 0.3 is 11.8 Å². The predicted octanol–water partition coefficient (Wildman–Crippen LogP) is 1.51. The molecule has 8 nitrogen and oxygen atoms in total. The van der Waals surface area contributed by atoms with E-state index in [2.05, 4.69) is 15.8 Å². The number of hydrazone groups is 1. The van der Waals surface area contributed by atoms with Crippen LogP contribution in [0.1, 0.15) is 5.56 Å². The fraction of sp³-hybridized carbons (Fsp3) is 0.118. The van der Waals surface area contributed by atoms with Crippen molar-refractivity contribution in [2.24, 2.45) is 5.10 Å². The van der Waals surface area contributed by atoms with Crippen molar-refractivity contribution in [3.63, 3.8) is 0 Å². The van der Waals surface area contributed by atoms with Crippen molar-refractivity contribution in [2.75, 3.05) is 19.2 Å². The molecular weight excluding hydrogens is 326 g/mol. The Labute approximate surface area is 143 Å². The summed E-state index contributed by atoms with van der Waals surface area (Å²) in [5, 5.41) is 6.20. The number of benzene rings is 2. The Morgan fingerprint density at radius 1 is 1.08 bits per heavy atom. The van der Waals surface area contributed by atoms with Gasteiger partial charge < -0.3 is 19.5 Å². The molecule has 2 N–H and O–H groups in total. The molecule has 0 bridgehead atoms. The first-order valence-electron chi connectivity index (χ1n) is 7.34. The van der Waals surface area contributed by atoms with Crippen LogP contribution in [0, 0.1) is 0 Å².